The number of phosphoric ester groups is 1. The van der Waals surface area contributed by atoms with Crippen LogP contribution >= 0.6 is 7.82 Å². The van der Waals surface area contributed by atoms with Gasteiger partial charge in [0.2, 0.25) is 5.91 Å². The fourth-order valence-corrected chi connectivity index (χ4v) is 11.1. The number of phosphoric acid groups is 1. The van der Waals surface area contributed by atoms with Gasteiger partial charge in [-0.15, -0.1) is 0 Å². The first-order chi connectivity index (χ1) is 36.0. The Kier molecular flexibility index (Phi) is 56.4. The van der Waals surface area contributed by atoms with Crippen molar-refractivity contribution in [3.05, 3.63) is 12.2 Å². The van der Waals surface area contributed by atoms with Crippen LogP contribution in [0.4, 0.5) is 0 Å². The van der Waals surface area contributed by atoms with Gasteiger partial charge in [0.25, 0.3) is 0 Å². The van der Waals surface area contributed by atoms with Crippen molar-refractivity contribution in [3.63, 3.8) is 0 Å². The molecule has 0 radical (unpaired) electrons. The number of amides is 1. The molecule has 0 heterocycles. The third-order valence-electron chi connectivity index (χ3n) is 15.5. The molecule has 0 saturated carbocycles. The highest BCUT2D eigenvalue weighted by Crippen LogP contribution is 2.43. The molecule has 8 nitrogen and oxygen atoms in total. The van der Waals surface area contributed by atoms with Crippen molar-refractivity contribution in [2.45, 2.75) is 360 Å². The van der Waals surface area contributed by atoms with E-state index in [0.29, 0.717) is 23.9 Å². The van der Waals surface area contributed by atoms with Crippen LogP contribution in [0.1, 0.15) is 348 Å². The maximum atomic E-state index is 13.0. The van der Waals surface area contributed by atoms with Gasteiger partial charge in [-0.2, -0.15) is 0 Å². The molecule has 0 aromatic rings. The van der Waals surface area contributed by atoms with Gasteiger partial charge in [-0.25, -0.2) is 4.57 Å². The molecule has 0 aliphatic rings. The average molecular weight is 1070 g/mol. The SMILES string of the molecule is CCCCCCCCCCCCCC/C=C\CCCCCCCCCCCCCCCCCC(=O)NC(COP(=O)(O)OCC[N+](C)(C)C)C(O)CCCCCCCCCCCCCCCCCCCCCCC. The van der Waals surface area contributed by atoms with E-state index in [1.807, 2.05) is 21.1 Å². The molecule has 0 aliphatic heterocycles. The van der Waals surface area contributed by atoms with Crippen molar-refractivity contribution >= 4 is 13.7 Å². The Morgan fingerprint density at radius 1 is 0.446 bits per heavy atom. The van der Waals surface area contributed by atoms with Gasteiger partial charge in [0.05, 0.1) is 39.9 Å². The normalized spacial score (nSPS) is 13.8. The smallest absolute Gasteiger partial charge is 0.391 e. The number of hydrogen-bond donors (Lipinski definition) is 3. The summed E-state index contributed by atoms with van der Waals surface area (Å²) in [6, 6.07) is -0.758. The van der Waals surface area contributed by atoms with E-state index in [1.165, 1.54) is 283 Å². The monoisotopic (exact) mass is 1070 g/mol. The predicted molar refractivity (Wildman–Crippen MR) is 323 cm³/mol. The largest absolute Gasteiger partial charge is 0.472 e. The first kappa shape index (κ1) is 73.2. The molecule has 0 aromatic carbocycles. The zero-order valence-electron chi connectivity index (χ0n) is 50.6. The van der Waals surface area contributed by atoms with Gasteiger partial charge in [0.1, 0.15) is 13.2 Å². The van der Waals surface area contributed by atoms with Crippen LogP contribution < -0.4 is 5.32 Å². The topological polar surface area (TPSA) is 105 Å². The number of allylic oxidation sites excluding steroid dienone is 2. The predicted octanol–water partition coefficient (Wildman–Crippen LogP) is 20.6. The molecule has 0 bridgehead atoms. The third kappa shape index (κ3) is 58.9. The quantitative estimate of drug-likeness (QED) is 0.0243. The zero-order chi connectivity index (χ0) is 54.2. The lowest BCUT2D eigenvalue weighted by atomic mass is 10.0. The standard InChI is InChI=1S/C65H131N2O6P/c1-6-8-10-12-14-16-18-20-22-24-26-28-29-30-31-32-33-34-35-36-37-39-41-43-45-47-49-51-53-55-57-59-65(69)66-63(62-73-74(70,71)72-61-60-67(3,4)5)64(68)58-56-54-52-50-48-46-44-42-40-38-27-25-23-21-19-17-15-13-11-9-7-2/h30-31,63-64,68H,6-29,32-62H2,1-5H3,(H-,66,69,70,71)/p+1/b31-30-. The van der Waals surface area contributed by atoms with Gasteiger partial charge >= 0.3 is 7.82 Å². The Balaban J connectivity index is 4.01. The molecule has 0 aliphatic carbocycles. The van der Waals surface area contributed by atoms with Crippen LogP contribution in [-0.4, -0.2) is 73.4 Å². The highest BCUT2D eigenvalue weighted by molar-refractivity contribution is 7.47. The van der Waals surface area contributed by atoms with Crippen LogP contribution in [0.2, 0.25) is 0 Å². The number of aliphatic hydroxyl groups is 1. The molecule has 0 rings (SSSR count). The van der Waals surface area contributed by atoms with Crippen molar-refractivity contribution in [2.24, 2.45) is 0 Å². The summed E-state index contributed by atoms with van der Waals surface area (Å²) in [7, 11) is 1.64. The van der Waals surface area contributed by atoms with Gasteiger partial charge in [-0.3, -0.25) is 13.8 Å². The van der Waals surface area contributed by atoms with E-state index >= 15 is 0 Å². The fourth-order valence-electron chi connectivity index (χ4n) is 10.3. The van der Waals surface area contributed by atoms with E-state index in [-0.39, 0.29) is 19.1 Å². The zero-order valence-corrected chi connectivity index (χ0v) is 51.5. The number of unbranched alkanes of at least 4 members (excludes halogenated alkanes) is 47. The molecule has 74 heavy (non-hydrogen) atoms. The molecule has 0 aromatic heterocycles. The van der Waals surface area contributed by atoms with Gasteiger partial charge in [-0.05, 0) is 38.5 Å². The molecule has 1 amide bonds. The van der Waals surface area contributed by atoms with Crippen molar-refractivity contribution in [1.29, 1.82) is 0 Å². The summed E-state index contributed by atoms with van der Waals surface area (Å²) in [5, 5.41) is 14.1. The van der Waals surface area contributed by atoms with E-state index in [9.17, 15) is 19.4 Å². The maximum Gasteiger partial charge on any atom is 0.472 e. The summed E-state index contributed by atoms with van der Waals surface area (Å²) >= 11 is 0. The van der Waals surface area contributed by atoms with Gasteiger partial charge in [-0.1, -0.05) is 315 Å². The molecular formula is C65H132N2O6P+. The highest BCUT2D eigenvalue weighted by atomic mass is 31.2. The molecule has 442 valence electrons. The summed E-state index contributed by atoms with van der Waals surface area (Å²) in [6.45, 7) is 4.95. The van der Waals surface area contributed by atoms with Crippen molar-refractivity contribution in [2.75, 3.05) is 40.9 Å². The molecule has 0 saturated heterocycles. The highest BCUT2D eigenvalue weighted by Gasteiger charge is 2.28. The fraction of sp³-hybridized carbons (Fsp3) is 0.954. The summed E-state index contributed by atoms with van der Waals surface area (Å²) in [4.78, 5) is 23.4. The second kappa shape index (κ2) is 56.9. The summed E-state index contributed by atoms with van der Waals surface area (Å²) in [5.41, 5.74) is 0. The Labute approximate surface area is 462 Å². The number of hydrogen-bond acceptors (Lipinski definition) is 5. The number of carbonyl (C=O) groups excluding carboxylic acids is 1. The van der Waals surface area contributed by atoms with Crippen molar-refractivity contribution in [1.82, 2.24) is 5.32 Å². The van der Waals surface area contributed by atoms with E-state index in [2.05, 4.69) is 31.3 Å². The molecule has 3 atom stereocenters. The van der Waals surface area contributed by atoms with E-state index in [4.69, 9.17) is 9.05 Å². The van der Waals surface area contributed by atoms with Crippen LogP contribution in [0, 0.1) is 0 Å². The lowest BCUT2D eigenvalue weighted by molar-refractivity contribution is -0.870. The Hall–Kier alpha value is -0.760. The number of nitrogens with one attached hydrogen (secondary N) is 1. The number of rotatable bonds is 62. The van der Waals surface area contributed by atoms with Crippen LogP contribution in [0.5, 0.6) is 0 Å². The summed E-state index contributed by atoms with van der Waals surface area (Å²) < 4.78 is 23.9. The Bertz CT molecular complexity index is 1210. The van der Waals surface area contributed by atoms with E-state index < -0.39 is 20.0 Å². The first-order valence-electron chi connectivity index (χ1n) is 33.1. The molecule has 3 N–H and O–H groups in total. The number of quaternary nitrogens is 1. The molecular weight excluding hydrogens is 936 g/mol. The summed E-state index contributed by atoms with van der Waals surface area (Å²) in [5.74, 6) is -0.136. The van der Waals surface area contributed by atoms with Crippen LogP contribution in [0.15, 0.2) is 12.2 Å². The number of likely N-dealkylation sites (N-methyl/N-ethyl adjacent to an activating group) is 1. The van der Waals surface area contributed by atoms with Crippen LogP contribution in [-0.2, 0) is 18.4 Å². The maximum absolute atomic E-state index is 13.0. The second-order valence-electron chi connectivity index (χ2n) is 24.2. The number of nitrogens with zero attached hydrogens (tertiary/aromatic N) is 1. The minimum absolute atomic E-state index is 0.0779. The average Bonchev–Trinajstić information content (AvgIpc) is 3.36. The first-order valence-corrected chi connectivity index (χ1v) is 34.5. The molecule has 0 fully saturated rings. The minimum atomic E-state index is -4.32. The number of aliphatic hydroxyl groups excluding tert-OH is 1. The van der Waals surface area contributed by atoms with E-state index in [0.717, 1.165) is 38.5 Å². The molecule has 3 unspecified atom stereocenters. The molecule has 0 spiro atoms. The molecule has 9 heteroatoms. The lowest BCUT2D eigenvalue weighted by Crippen LogP contribution is -2.46. The number of carbonyl (C=O) groups is 1. The van der Waals surface area contributed by atoms with Gasteiger partial charge in [0.15, 0.2) is 0 Å². The van der Waals surface area contributed by atoms with Crippen LogP contribution in [0.3, 0.4) is 0 Å². The van der Waals surface area contributed by atoms with Crippen molar-refractivity contribution in [3.8, 4) is 0 Å². The lowest BCUT2D eigenvalue weighted by Gasteiger charge is -2.26. The van der Waals surface area contributed by atoms with Gasteiger partial charge < -0.3 is 19.8 Å². The Morgan fingerprint density at radius 3 is 1.04 bits per heavy atom. The third-order valence-corrected chi connectivity index (χ3v) is 16.5. The summed E-state index contributed by atoms with van der Waals surface area (Å²) in [6.07, 6.45) is 71.6. The van der Waals surface area contributed by atoms with Crippen LogP contribution in [0.25, 0.3) is 0 Å². The van der Waals surface area contributed by atoms with Crippen molar-refractivity contribution < 1.29 is 32.9 Å². The second-order valence-corrected chi connectivity index (χ2v) is 25.7. The Morgan fingerprint density at radius 2 is 0.730 bits per heavy atom. The van der Waals surface area contributed by atoms with Gasteiger partial charge in [0, 0.05) is 6.42 Å². The minimum Gasteiger partial charge on any atom is -0.391 e. The van der Waals surface area contributed by atoms with E-state index in [1.54, 1.807) is 0 Å².